The third-order valence-corrected chi connectivity index (χ3v) is 6.68. The van der Waals surface area contributed by atoms with Crippen LogP contribution in [0.2, 0.25) is 0 Å². The second-order valence-electron chi connectivity index (χ2n) is 8.55. The number of carbonyl (C=O) groups excluding carboxylic acids is 1. The van der Waals surface area contributed by atoms with Crippen molar-refractivity contribution in [1.82, 2.24) is 5.32 Å². The molecule has 1 N–H and O–H groups in total. The predicted octanol–water partition coefficient (Wildman–Crippen LogP) is 4.28. The van der Waals surface area contributed by atoms with E-state index in [-0.39, 0.29) is 17.8 Å². The Kier molecular flexibility index (Phi) is 3.87. The molecule has 1 saturated carbocycles. The van der Waals surface area contributed by atoms with Crippen LogP contribution in [0.5, 0.6) is 0 Å². The van der Waals surface area contributed by atoms with Gasteiger partial charge in [0.25, 0.3) is 0 Å². The predicted molar refractivity (Wildman–Crippen MR) is 97.2 cm³/mol. The number of epoxide rings is 1. The van der Waals surface area contributed by atoms with E-state index in [0.717, 1.165) is 18.4 Å². The number of hydrogen-bond donors (Lipinski definition) is 1. The lowest BCUT2D eigenvalue weighted by Gasteiger charge is -2.39. The van der Waals surface area contributed by atoms with Crippen LogP contribution < -0.4 is 5.32 Å². The first-order valence-electron chi connectivity index (χ1n) is 9.56. The second kappa shape index (κ2) is 5.73. The minimum Gasteiger partial charge on any atom is -0.445 e. The maximum atomic E-state index is 11.4. The number of rotatable bonds is 3. The van der Waals surface area contributed by atoms with Gasteiger partial charge in [-0.1, -0.05) is 38.5 Å². The molecule has 4 rings (SSSR count). The Bertz CT molecular complexity index is 702. The van der Waals surface area contributed by atoms with Crippen molar-refractivity contribution in [2.45, 2.75) is 64.6 Å². The van der Waals surface area contributed by atoms with Crippen molar-refractivity contribution in [2.24, 2.45) is 11.3 Å². The lowest BCUT2D eigenvalue weighted by molar-refractivity contribution is 0.157. The molecule has 25 heavy (non-hydrogen) atoms. The number of allylic oxidation sites excluding steroid dienone is 3. The van der Waals surface area contributed by atoms with Crippen LogP contribution >= 0.6 is 0 Å². The minimum atomic E-state index is -0.380. The molecule has 0 aromatic heterocycles. The molecule has 1 aliphatic heterocycles. The van der Waals surface area contributed by atoms with Gasteiger partial charge in [-0.15, -0.1) is 0 Å². The van der Waals surface area contributed by atoms with Crippen LogP contribution in [-0.2, 0) is 9.47 Å². The number of nitrogens with one attached hydrogen (secondary N) is 1. The van der Waals surface area contributed by atoms with Gasteiger partial charge in [-0.3, -0.25) is 0 Å². The summed E-state index contributed by atoms with van der Waals surface area (Å²) >= 11 is 0. The fraction of sp³-hybridized carbons (Fsp3) is 0.667. The van der Waals surface area contributed by atoms with Crippen LogP contribution in [0.3, 0.4) is 0 Å². The highest BCUT2D eigenvalue weighted by molar-refractivity contribution is 5.67. The van der Waals surface area contributed by atoms with E-state index < -0.39 is 0 Å². The third kappa shape index (κ3) is 2.57. The summed E-state index contributed by atoms with van der Waals surface area (Å²) in [6.45, 7) is 7.41. The summed E-state index contributed by atoms with van der Waals surface area (Å²) in [4.78, 5) is 11.4. The fourth-order valence-electron chi connectivity index (χ4n) is 5.13. The largest absolute Gasteiger partial charge is 0.445 e. The zero-order chi connectivity index (χ0) is 17.8. The fourth-order valence-corrected chi connectivity index (χ4v) is 5.13. The highest BCUT2D eigenvalue weighted by Gasteiger charge is 2.64. The molecule has 0 bridgehead atoms. The molecule has 1 spiro atoms. The summed E-state index contributed by atoms with van der Waals surface area (Å²) in [5.74, 6) is 0.591. The molecule has 2 fully saturated rings. The van der Waals surface area contributed by atoms with E-state index in [4.69, 9.17) is 9.47 Å². The zero-order valence-electron chi connectivity index (χ0n) is 15.8. The Morgan fingerprint density at radius 2 is 2.16 bits per heavy atom. The van der Waals surface area contributed by atoms with Gasteiger partial charge in [-0.2, -0.15) is 0 Å². The van der Waals surface area contributed by atoms with Crippen molar-refractivity contribution in [3.05, 3.63) is 34.4 Å². The highest BCUT2D eigenvalue weighted by Crippen LogP contribution is 2.65. The molecule has 3 aliphatic carbocycles. The van der Waals surface area contributed by atoms with Gasteiger partial charge in [-0.05, 0) is 53.7 Å². The molecule has 0 unspecified atom stereocenters. The van der Waals surface area contributed by atoms with Gasteiger partial charge in [0.15, 0.2) is 0 Å². The van der Waals surface area contributed by atoms with Crippen LogP contribution in [0.15, 0.2) is 34.4 Å². The molecule has 1 heterocycles. The number of fused-ring (bicyclic) bond motifs is 2. The maximum absolute atomic E-state index is 11.4. The molecule has 1 amide bonds. The van der Waals surface area contributed by atoms with E-state index in [0.29, 0.717) is 17.9 Å². The summed E-state index contributed by atoms with van der Waals surface area (Å²) < 4.78 is 11.5. The Labute approximate surface area is 150 Å². The Morgan fingerprint density at radius 3 is 2.88 bits per heavy atom. The first-order chi connectivity index (χ1) is 11.9. The number of alkyl carbamates (subject to hydrolysis) is 1. The van der Waals surface area contributed by atoms with Gasteiger partial charge in [0.1, 0.15) is 12.2 Å². The van der Waals surface area contributed by atoms with Crippen LogP contribution in [0, 0.1) is 11.3 Å². The Morgan fingerprint density at radius 1 is 1.36 bits per heavy atom. The lowest BCUT2D eigenvalue weighted by Crippen LogP contribution is -2.34. The monoisotopic (exact) mass is 343 g/mol. The van der Waals surface area contributed by atoms with Gasteiger partial charge in [0.05, 0.1) is 6.10 Å². The molecule has 0 aromatic carbocycles. The molecule has 1 saturated heterocycles. The topological polar surface area (TPSA) is 50.9 Å². The highest BCUT2D eigenvalue weighted by atomic mass is 16.6. The summed E-state index contributed by atoms with van der Waals surface area (Å²) in [5, 5.41) is 2.50. The van der Waals surface area contributed by atoms with Crippen molar-refractivity contribution < 1.29 is 14.3 Å². The second-order valence-corrected chi connectivity index (χ2v) is 8.55. The normalized spacial score (nSPS) is 36.0. The molecule has 4 aliphatic rings. The standard InChI is InChI=1S/C21H29NO3/c1-13(2)15-7-8-20(3)9-10-21-16(18(15)20)6-5-14(11-17(21)25-21)12-24-19(23)22-4/h5-6,13,17H,7-12H2,1-4H3,(H,22,23)/t17-,20+,21-/m0/s1. The third-order valence-electron chi connectivity index (χ3n) is 6.68. The van der Waals surface area contributed by atoms with Crippen LogP contribution in [-0.4, -0.2) is 31.5 Å². The average molecular weight is 343 g/mol. The molecule has 4 heteroatoms. The van der Waals surface area contributed by atoms with E-state index >= 15 is 0 Å². The SMILES string of the molecule is CNC(=O)OCC1=CC=C2C3=C(C(C)C)CC[C@]3(C)CC[C@]23O[C@H]3C1. The first kappa shape index (κ1) is 16.9. The number of hydrogen-bond acceptors (Lipinski definition) is 3. The van der Waals surface area contributed by atoms with Crippen LogP contribution in [0.1, 0.15) is 52.9 Å². The van der Waals surface area contributed by atoms with Gasteiger partial charge in [0, 0.05) is 13.5 Å². The van der Waals surface area contributed by atoms with E-state index in [1.165, 1.54) is 24.8 Å². The van der Waals surface area contributed by atoms with E-state index in [1.54, 1.807) is 18.2 Å². The van der Waals surface area contributed by atoms with Gasteiger partial charge >= 0.3 is 6.09 Å². The van der Waals surface area contributed by atoms with Crippen LogP contribution in [0.25, 0.3) is 0 Å². The Balaban J connectivity index is 1.68. The number of ether oxygens (including phenoxy) is 2. The summed E-state index contributed by atoms with van der Waals surface area (Å²) in [7, 11) is 1.58. The van der Waals surface area contributed by atoms with Crippen molar-refractivity contribution >= 4 is 6.09 Å². The molecule has 136 valence electrons. The summed E-state index contributed by atoms with van der Waals surface area (Å²) in [6, 6.07) is 0. The lowest BCUT2D eigenvalue weighted by atomic mass is 9.64. The smallest absolute Gasteiger partial charge is 0.407 e. The van der Waals surface area contributed by atoms with Crippen molar-refractivity contribution in [3.63, 3.8) is 0 Å². The number of amides is 1. The molecular formula is C21H29NO3. The minimum absolute atomic E-state index is 0.0788. The van der Waals surface area contributed by atoms with Crippen LogP contribution in [0.4, 0.5) is 4.79 Å². The van der Waals surface area contributed by atoms with Gasteiger partial charge in [0.2, 0.25) is 0 Å². The van der Waals surface area contributed by atoms with E-state index in [9.17, 15) is 4.79 Å². The average Bonchev–Trinajstić information content (AvgIpc) is 3.17. The van der Waals surface area contributed by atoms with Crippen molar-refractivity contribution in [3.8, 4) is 0 Å². The summed E-state index contributed by atoms with van der Waals surface area (Å²) in [5.41, 5.74) is 6.00. The Hall–Kier alpha value is -1.55. The number of carbonyl (C=O) groups is 1. The molecule has 0 radical (unpaired) electrons. The van der Waals surface area contributed by atoms with Gasteiger partial charge in [-0.25, -0.2) is 4.79 Å². The quantitative estimate of drug-likeness (QED) is 0.778. The molecule has 4 nitrogen and oxygen atoms in total. The van der Waals surface area contributed by atoms with Crippen molar-refractivity contribution in [1.29, 1.82) is 0 Å². The van der Waals surface area contributed by atoms with E-state index in [2.05, 4.69) is 38.2 Å². The van der Waals surface area contributed by atoms with Crippen molar-refractivity contribution in [2.75, 3.05) is 13.7 Å². The molecule has 3 atom stereocenters. The van der Waals surface area contributed by atoms with Gasteiger partial charge < -0.3 is 14.8 Å². The van der Waals surface area contributed by atoms with E-state index in [1.807, 2.05) is 0 Å². The first-order valence-corrected chi connectivity index (χ1v) is 9.56. The zero-order valence-corrected chi connectivity index (χ0v) is 15.8. The summed E-state index contributed by atoms with van der Waals surface area (Å²) in [6.07, 6.45) is 9.99. The molecular weight excluding hydrogens is 314 g/mol. The maximum Gasteiger partial charge on any atom is 0.407 e. The molecule has 0 aromatic rings.